The number of phosphoric ester groups is 1. The first kappa shape index (κ1) is 69.7. The van der Waals surface area contributed by atoms with E-state index in [1.54, 1.807) is 0 Å². The summed E-state index contributed by atoms with van der Waals surface area (Å²) in [6, 6.07) is -0.903. The molecule has 418 valence electrons. The number of hydrogen-bond acceptors (Lipinski definition) is 6. The predicted octanol–water partition coefficient (Wildman–Crippen LogP) is 17.8. The number of nitrogens with zero attached hydrogens (tertiary/aromatic N) is 1. The van der Waals surface area contributed by atoms with Crippen molar-refractivity contribution < 1.29 is 37.3 Å². The van der Waals surface area contributed by atoms with E-state index in [1.807, 2.05) is 39.4 Å². The Hall–Kier alpha value is -3.33. The summed E-state index contributed by atoms with van der Waals surface area (Å²) in [6.45, 7) is 6.80. The Kier molecular flexibility index (Phi) is 49.7. The molecule has 0 rings (SSSR count). The summed E-state index contributed by atoms with van der Waals surface area (Å²) >= 11 is 0. The van der Waals surface area contributed by atoms with Gasteiger partial charge in [0.15, 0.2) is 0 Å². The molecule has 10 heteroatoms. The molecule has 0 aromatic rings. The van der Waals surface area contributed by atoms with Crippen LogP contribution in [0.4, 0.5) is 0 Å². The molecule has 0 saturated carbocycles. The van der Waals surface area contributed by atoms with E-state index in [9.17, 15) is 19.0 Å². The summed E-state index contributed by atoms with van der Waals surface area (Å²) in [5, 5.41) is 2.99. The van der Waals surface area contributed by atoms with Crippen molar-refractivity contribution in [2.24, 2.45) is 0 Å². The van der Waals surface area contributed by atoms with Gasteiger partial charge in [0.05, 0.1) is 33.8 Å². The molecule has 9 nitrogen and oxygen atoms in total. The monoisotopic (exact) mass is 1040 g/mol. The van der Waals surface area contributed by atoms with Gasteiger partial charge in [0.2, 0.25) is 5.91 Å². The smallest absolute Gasteiger partial charge is 0.456 e. The topological polar surface area (TPSA) is 111 Å². The third kappa shape index (κ3) is 53.3. The Labute approximate surface area is 449 Å². The Morgan fingerprint density at radius 3 is 1.34 bits per heavy atom. The zero-order chi connectivity index (χ0) is 53.6. The normalized spacial score (nSPS) is 14.6. The number of amides is 1. The molecule has 0 fully saturated rings. The first-order valence-electron chi connectivity index (χ1n) is 29.2. The highest BCUT2D eigenvalue weighted by Crippen LogP contribution is 2.43. The van der Waals surface area contributed by atoms with Crippen molar-refractivity contribution in [3.63, 3.8) is 0 Å². The number of esters is 1. The molecule has 73 heavy (non-hydrogen) atoms. The molecule has 1 amide bonds. The number of likely N-dealkylation sites (N-methyl/N-ethyl adjacent to an activating group) is 1. The van der Waals surface area contributed by atoms with Crippen LogP contribution in [0.15, 0.2) is 109 Å². The van der Waals surface area contributed by atoms with Gasteiger partial charge in [0, 0.05) is 12.8 Å². The zero-order valence-corrected chi connectivity index (χ0v) is 48.5. The molecular weight excluding hydrogens is 928 g/mol. The number of hydrogen-bond donors (Lipinski definition) is 2. The molecule has 3 unspecified atom stereocenters. The van der Waals surface area contributed by atoms with Crippen LogP contribution >= 0.6 is 7.82 Å². The van der Waals surface area contributed by atoms with Gasteiger partial charge in [-0.05, 0) is 102 Å². The Morgan fingerprint density at radius 2 is 0.890 bits per heavy atom. The van der Waals surface area contributed by atoms with E-state index in [0.717, 1.165) is 83.5 Å². The third-order valence-corrected chi connectivity index (χ3v) is 13.2. The molecule has 0 aromatic heterocycles. The van der Waals surface area contributed by atoms with E-state index in [4.69, 9.17) is 13.8 Å². The largest absolute Gasteiger partial charge is 0.472 e. The van der Waals surface area contributed by atoms with Crippen molar-refractivity contribution in [1.82, 2.24) is 5.32 Å². The van der Waals surface area contributed by atoms with E-state index in [2.05, 4.69) is 117 Å². The molecule has 0 radical (unpaired) electrons. The fraction of sp³-hybridized carbons (Fsp3) is 0.683. The van der Waals surface area contributed by atoms with Crippen molar-refractivity contribution in [3.8, 4) is 0 Å². The lowest BCUT2D eigenvalue weighted by atomic mass is 10.0. The number of rotatable bonds is 51. The van der Waals surface area contributed by atoms with E-state index in [-0.39, 0.29) is 37.9 Å². The van der Waals surface area contributed by atoms with Crippen LogP contribution in [0.25, 0.3) is 0 Å². The van der Waals surface area contributed by atoms with E-state index in [0.29, 0.717) is 23.9 Å². The minimum atomic E-state index is -4.47. The van der Waals surface area contributed by atoms with Gasteiger partial charge in [-0.15, -0.1) is 0 Å². The van der Waals surface area contributed by atoms with Crippen LogP contribution in [-0.2, 0) is 27.9 Å². The van der Waals surface area contributed by atoms with E-state index < -0.39 is 20.0 Å². The summed E-state index contributed by atoms with van der Waals surface area (Å²) < 4.78 is 30.5. The second-order valence-corrected chi connectivity index (χ2v) is 21.9. The van der Waals surface area contributed by atoms with Gasteiger partial charge in [-0.2, -0.15) is 0 Å². The Morgan fingerprint density at radius 1 is 0.493 bits per heavy atom. The molecule has 0 spiro atoms. The summed E-state index contributed by atoms with van der Waals surface area (Å²) in [7, 11) is 1.43. The molecule has 3 atom stereocenters. The Balaban J connectivity index is 5.48. The molecular formula is C63H110N2O7P+. The molecule has 0 bridgehead atoms. The lowest BCUT2D eigenvalue weighted by molar-refractivity contribution is -0.870. The first-order valence-corrected chi connectivity index (χ1v) is 30.7. The number of allylic oxidation sites excluding steroid dienone is 17. The van der Waals surface area contributed by atoms with Crippen molar-refractivity contribution in [2.45, 2.75) is 238 Å². The molecule has 2 N–H and O–H groups in total. The number of carbonyl (C=O) groups excluding carboxylic acids is 2. The van der Waals surface area contributed by atoms with Crippen LogP contribution in [0.5, 0.6) is 0 Å². The number of unbranched alkanes of at least 4 members (excludes halogenated alkanes) is 19. The average molecular weight is 1040 g/mol. The van der Waals surface area contributed by atoms with Gasteiger partial charge in [-0.25, -0.2) is 4.57 Å². The highest BCUT2D eigenvalue weighted by molar-refractivity contribution is 7.47. The van der Waals surface area contributed by atoms with Crippen molar-refractivity contribution in [1.29, 1.82) is 0 Å². The van der Waals surface area contributed by atoms with Crippen LogP contribution in [0, 0.1) is 0 Å². The number of carbonyl (C=O) groups is 2. The fourth-order valence-corrected chi connectivity index (χ4v) is 8.43. The quantitative estimate of drug-likeness (QED) is 0.0205. The number of nitrogens with one attached hydrogen (secondary N) is 1. The maximum absolute atomic E-state index is 13.5. The number of ether oxygens (including phenoxy) is 1. The van der Waals surface area contributed by atoms with Crippen LogP contribution < -0.4 is 5.32 Å². The van der Waals surface area contributed by atoms with Gasteiger partial charge in [-0.1, -0.05) is 220 Å². The van der Waals surface area contributed by atoms with Crippen LogP contribution in [0.1, 0.15) is 226 Å². The van der Waals surface area contributed by atoms with Crippen LogP contribution in [-0.4, -0.2) is 74.3 Å². The van der Waals surface area contributed by atoms with Crippen molar-refractivity contribution >= 4 is 19.7 Å². The van der Waals surface area contributed by atoms with Gasteiger partial charge < -0.3 is 19.4 Å². The zero-order valence-electron chi connectivity index (χ0n) is 47.6. The molecule has 0 aliphatic heterocycles. The van der Waals surface area contributed by atoms with E-state index in [1.165, 1.54) is 96.3 Å². The SMILES string of the molecule is CC/C=C\C/C=C\C/C=C\C/C=C\C/C=C\C/C=C\CCCCC(=O)OC(/C=C\CCCCCCCCCCCCC)C(COP(=O)(O)OCC[N+](C)(C)C)NC(=O)CC/C=C/C/C=C\CCCCCCCC. The maximum atomic E-state index is 13.5. The standard InChI is InChI=1S/C63H109N2O7P/c1-7-10-13-16-19-22-25-28-29-30-31-32-33-34-35-38-41-44-47-50-53-56-63(67)72-61(54-51-48-45-42-39-36-26-23-20-17-14-11-8-2)60(59-71-73(68,69)70-58-57-65(4,5)6)64-62(66)55-52-49-46-43-40-37-27-24-21-18-15-12-9-3/h10,13,19,22,28-29,31-32,34-35,37,40-41,44,46,49,51,54,60-61H,7-9,11-12,14-18,20-21,23-27,30,33,36,38-39,42-43,45,47-48,50,52-53,55-59H2,1-6H3,(H-,64,66,68,69)/p+1/b13-10-,22-19-,29-28-,32-31-,35-34-,40-37-,44-41-,49-46+,54-51-. The number of phosphoric acid groups is 1. The average Bonchev–Trinajstić information content (AvgIpc) is 3.35. The highest BCUT2D eigenvalue weighted by Gasteiger charge is 2.30. The summed E-state index contributed by atoms with van der Waals surface area (Å²) in [4.78, 5) is 37.5. The molecule has 0 aliphatic carbocycles. The highest BCUT2D eigenvalue weighted by atomic mass is 31.2. The molecule has 0 saturated heterocycles. The molecule has 0 aromatic carbocycles. The van der Waals surface area contributed by atoms with E-state index >= 15 is 0 Å². The summed E-state index contributed by atoms with van der Waals surface area (Å²) in [5.41, 5.74) is 0. The predicted molar refractivity (Wildman–Crippen MR) is 313 cm³/mol. The van der Waals surface area contributed by atoms with Crippen molar-refractivity contribution in [2.75, 3.05) is 40.9 Å². The van der Waals surface area contributed by atoms with Crippen LogP contribution in [0.2, 0.25) is 0 Å². The molecule has 0 heterocycles. The minimum absolute atomic E-state index is 0.0186. The number of quaternary nitrogens is 1. The maximum Gasteiger partial charge on any atom is 0.472 e. The van der Waals surface area contributed by atoms with Gasteiger partial charge >= 0.3 is 13.8 Å². The molecule has 0 aliphatic rings. The summed E-state index contributed by atoms with van der Waals surface area (Å²) in [6.07, 6.45) is 71.1. The second kappa shape index (κ2) is 52.1. The van der Waals surface area contributed by atoms with Crippen LogP contribution in [0.3, 0.4) is 0 Å². The van der Waals surface area contributed by atoms with Crippen molar-refractivity contribution in [3.05, 3.63) is 109 Å². The van der Waals surface area contributed by atoms with Gasteiger partial charge in [0.1, 0.15) is 19.3 Å². The first-order chi connectivity index (χ1) is 35.4. The van der Waals surface area contributed by atoms with Gasteiger partial charge in [0.25, 0.3) is 0 Å². The summed E-state index contributed by atoms with van der Waals surface area (Å²) in [5.74, 6) is -0.642. The third-order valence-electron chi connectivity index (χ3n) is 12.2. The minimum Gasteiger partial charge on any atom is -0.456 e. The second-order valence-electron chi connectivity index (χ2n) is 20.4. The van der Waals surface area contributed by atoms with Gasteiger partial charge in [-0.3, -0.25) is 18.6 Å². The Bertz CT molecular complexity index is 1620. The fourth-order valence-electron chi connectivity index (χ4n) is 7.70. The lowest BCUT2D eigenvalue weighted by Gasteiger charge is -2.27. The lowest BCUT2D eigenvalue weighted by Crippen LogP contribution is -2.47.